The minimum atomic E-state index is -0.464. The topological polar surface area (TPSA) is 72.7 Å². The summed E-state index contributed by atoms with van der Waals surface area (Å²) in [6, 6.07) is 7.54. The van der Waals surface area contributed by atoms with Crippen LogP contribution in [0.1, 0.15) is 38.2 Å². The number of aromatic nitrogens is 4. The molecule has 3 rings (SSSR count). The van der Waals surface area contributed by atoms with E-state index in [1.165, 1.54) is 23.8 Å². The van der Waals surface area contributed by atoms with E-state index >= 15 is 0 Å². The van der Waals surface area contributed by atoms with Crippen LogP contribution in [0.5, 0.6) is 0 Å². The predicted octanol–water partition coefficient (Wildman–Crippen LogP) is 3.80. The summed E-state index contributed by atoms with van der Waals surface area (Å²) in [5, 5.41) is 1.37. The van der Waals surface area contributed by atoms with Gasteiger partial charge < -0.3 is 4.57 Å². The molecule has 0 radical (unpaired) electrons. The van der Waals surface area contributed by atoms with Crippen LogP contribution >= 0.6 is 23.4 Å². The lowest BCUT2D eigenvalue weighted by atomic mass is 10.2. The van der Waals surface area contributed by atoms with Crippen molar-refractivity contribution in [3.63, 3.8) is 0 Å². The lowest BCUT2D eigenvalue weighted by molar-refractivity contribution is 0.701. The highest BCUT2D eigenvalue weighted by molar-refractivity contribution is 7.99. The molecule has 2 aromatic heterocycles. The molecule has 0 bridgehead atoms. The van der Waals surface area contributed by atoms with E-state index < -0.39 is 11.2 Å². The summed E-state index contributed by atoms with van der Waals surface area (Å²) in [5.41, 5.74) is 0.805. The number of rotatable bonds is 8. The maximum atomic E-state index is 12.5. The molecule has 0 fully saturated rings. The van der Waals surface area contributed by atoms with E-state index in [4.69, 9.17) is 11.6 Å². The molecule has 144 valence electrons. The lowest BCUT2D eigenvalue weighted by Crippen LogP contribution is -2.29. The summed E-state index contributed by atoms with van der Waals surface area (Å²) in [7, 11) is 1.61. The molecule has 0 aliphatic carbocycles. The lowest BCUT2D eigenvalue weighted by Gasteiger charge is -2.10. The van der Waals surface area contributed by atoms with Crippen LogP contribution < -0.4 is 11.2 Å². The number of nitrogens with one attached hydrogen (secondary N) is 1. The van der Waals surface area contributed by atoms with Crippen LogP contribution in [0, 0.1) is 0 Å². The smallest absolute Gasteiger partial charge is 0.309 e. The summed E-state index contributed by atoms with van der Waals surface area (Å²) in [6.45, 7) is 2.61. The quantitative estimate of drug-likeness (QED) is 0.456. The molecule has 0 atom stereocenters. The SMILES string of the molecule is CCCCCCSc1nc2c(c(=O)[nH]c(=O)n2C)n1Cc1ccccc1Cl. The van der Waals surface area contributed by atoms with E-state index in [9.17, 15) is 9.59 Å². The van der Waals surface area contributed by atoms with Gasteiger partial charge >= 0.3 is 5.69 Å². The number of imidazole rings is 1. The molecule has 1 aromatic carbocycles. The van der Waals surface area contributed by atoms with Crippen molar-refractivity contribution in [1.82, 2.24) is 19.1 Å². The van der Waals surface area contributed by atoms with Gasteiger partial charge in [-0.25, -0.2) is 9.78 Å². The fraction of sp³-hybridized carbons (Fsp3) is 0.421. The molecule has 0 spiro atoms. The zero-order chi connectivity index (χ0) is 19.4. The normalized spacial score (nSPS) is 11.4. The van der Waals surface area contributed by atoms with Crippen molar-refractivity contribution in [3.05, 3.63) is 55.7 Å². The first-order valence-electron chi connectivity index (χ1n) is 9.08. The maximum Gasteiger partial charge on any atom is 0.329 e. The standard InChI is InChI=1S/C19H23ClN4O2S/c1-3-4-5-8-11-27-19-21-16-15(17(25)22-18(26)23(16)2)24(19)12-13-9-6-7-10-14(13)20/h6-7,9-10H,3-5,8,11-12H2,1-2H3,(H,22,25,26). The van der Waals surface area contributed by atoms with Crippen molar-refractivity contribution in [2.24, 2.45) is 7.05 Å². The number of unbranched alkanes of at least 4 members (excludes halogenated alkanes) is 3. The third kappa shape index (κ3) is 4.30. The maximum absolute atomic E-state index is 12.5. The van der Waals surface area contributed by atoms with Gasteiger partial charge in [-0.05, 0) is 18.1 Å². The third-order valence-electron chi connectivity index (χ3n) is 4.49. The Hall–Kier alpha value is -1.99. The number of hydrogen-bond donors (Lipinski definition) is 1. The average Bonchev–Trinajstić information content (AvgIpc) is 3.00. The second-order valence-electron chi connectivity index (χ2n) is 6.47. The Morgan fingerprint density at radius 2 is 1.96 bits per heavy atom. The Labute approximate surface area is 166 Å². The Balaban J connectivity index is 2.03. The van der Waals surface area contributed by atoms with Crippen LogP contribution in [0.15, 0.2) is 39.0 Å². The molecule has 3 aromatic rings. The van der Waals surface area contributed by atoms with Crippen molar-refractivity contribution < 1.29 is 0 Å². The number of hydrogen-bond acceptors (Lipinski definition) is 4. The number of aryl methyl sites for hydroxylation is 1. The molecular weight excluding hydrogens is 384 g/mol. The molecule has 0 aliphatic heterocycles. The largest absolute Gasteiger partial charge is 0.329 e. The molecule has 0 saturated heterocycles. The number of thioether (sulfide) groups is 1. The summed E-state index contributed by atoms with van der Waals surface area (Å²) < 4.78 is 3.24. The molecule has 1 N–H and O–H groups in total. The van der Waals surface area contributed by atoms with Gasteiger partial charge in [-0.2, -0.15) is 0 Å². The number of aromatic amines is 1. The van der Waals surface area contributed by atoms with Crippen molar-refractivity contribution in [2.45, 2.75) is 44.3 Å². The van der Waals surface area contributed by atoms with E-state index in [0.717, 1.165) is 22.9 Å². The fourth-order valence-corrected chi connectivity index (χ4v) is 4.15. The van der Waals surface area contributed by atoms with Gasteiger partial charge in [0.05, 0.1) is 6.54 Å². The van der Waals surface area contributed by atoms with E-state index in [1.54, 1.807) is 18.8 Å². The van der Waals surface area contributed by atoms with Crippen molar-refractivity contribution >= 4 is 34.5 Å². The second kappa shape index (κ2) is 8.80. The fourth-order valence-electron chi connectivity index (χ4n) is 2.96. The number of nitrogens with zero attached hydrogens (tertiary/aromatic N) is 3. The summed E-state index contributed by atoms with van der Waals surface area (Å²) in [6.07, 6.45) is 4.66. The molecule has 27 heavy (non-hydrogen) atoms. The number of halogens is 1. The van der Waals surface area contributed by atoms with E-state index in [2.05, 4.69) is 16.9 Å². The number of benzene rings is 1. The van der Waals surface area contributed by atoms with Gasteiger partial charge in [0.2, 0.25) is 0 Å². The summed E-state index contributed by atoms with van der Waals surface area (Å²) in [4.78, 5) is 31.4. The van der Waals surface area contributed by atoms with Gasteiger partial charge in [-0.1, -0.05) is 67.7 Å². The second-order valence-corrected chi connectivity index (χ2v) is 7.94. The van der Waals surface area contributed by atoms with Gasteiger partial charge in [0, 0.05) is 17.8 Å². The van der Waals surface area contributed by atoms with Gasteiger partial charge in [-0.3, -0.25) is 14.3 Å². The van der Waals surface area contributed by atoms with Crippen LogP contribution in [0.4, 0.5) is 0 Å². The van der Waals surface area contributed by atoms with Crippen LogP contribution in [0.3, 0.4) is 0 Å². The Morgan fingerprint density at radius 1 is 1.19 bits per heavy atom. The first-order valence-corrected chi connectivity index (χ1v) is 10.4. The van der Waals surface area contributed by atoms with Crippen molar-refractivity contribution in [3.8, 4) is 0 Å². The molecule has 0 amide bonds. The van der Waals surface area contributed by atoms with Crippen LogP contribution in [0.2, 0.25) is 5.02 Å². The Morgan fingerprint density at radius 3 is 2.70 bits per heavy atom. The highest BCUT2D eigenvalue weighted by Crippen LogP contribution is 2.26. The van der Waals surface area contributed by atoms with Crippen molar-refractivity contribution in [2.75, 3.05) is 5.75 Å². The Bertz CT molecular complexity index is 1050. The highest BCUT2D eigenvalue weighted by Gasteiger charge is 2.18. The highest BCUT2D eigenvalue weighted by atomic mass is 35.5. The van der Waals surface area contributed by atoms with Crippen LogP contribution in [-0.2, 0) is 13.6 Å². The molecule has 8 heteroatoms. The number of H-pyrrole nitrogens is 1. The summed E-state index contributed by atoms with van der Waals surface area (Å²) in [5.74, 6) is 0.914. The van der Waals surface area contributed by atoms with Crippen LogP contribution in [0.25, 0.3) is 11.2 Å². The van der Waals surface area contributed by atoms with Crippen molar-refractivity contribution in [1.29, 1.82) is 0 Å². The first kappa shape index (κ1) is 19.8. The summed E-state index contributed by atoms with van der Waals surface area (Å²) >= 11 is 7.93. The molecule has 6 nitrogen and oxygen atoms in total. The minimum absolute atomic E-state index is 0.395. The van der Waals surface area contributed by atoms with E-state index in [-0.39, 0.29) is 0 Å². The minimum Gasteiger partial charge on any atom is -0.309 e. The average molecular weight is 407 g/mol. The third-order valence-corrected chi connectivity index (χ3v) is 5.92. The molecule has 0 unspecified atom stereocenters. The monoisotopic (exact) mass is 406 g/mol. The van der Waals surface area contributed by atoms with Gasteiger partial charge in [0.15, 0.2) is 16.3 Å². The molecular formula is C19H23ClN4O2S. The number of fused-ring (bicyclic) bond motifs is 1. The van der Waals surface area contributed by atoms with Gasteiger partial charge in [0.1, 0.15) is 0 Å². The zero-order valence-corrected chi connectivity index (χ0v) is 17.1. The molecule has 0 saturated carbocycles. The molecule has 0 aliphatic rings. The predicted molar refractivity (Wildman–Crippen MR) is 111 cm³/mol. The van der Waals surface area contributed by atoms with Gasteiger partial charge in [-0.15, -0.1) is 0 Å². The zero-order valence-electron chi connectivity index (χ0n) is 15.5. The van der Waals surface area contributed by atoms with E-state index in [0.29, 0.717) is 22.7 Å². The van der Waals surface area contributed by atoms with E-state index in [1.807, 2.05) is 28.8 Å². The first-order chi connectivity index (χ1) is 13.0. The Kier molecular flexibility index (Phi) is 6.44. The molecule has 2 heterocycles. The van der Waals surface area contributed by atoms with Crippen LogP contribution in [-0.4, -0.2) is 24.9 Å². The van der Waals surface area contributed by atoms with Gasteiger partial charge in [0.25, 0.3) is 5.56 Å².